The molecule has 0 atom stereocenters. The van der Waals surface area contributed by atoms with E-state index in [1.807, 2.05) is 0 Å². The maximum absolute atomic E-state index is 5.49. The molecule has 0 N–H and O–H groups in total. The lowest BCUT2D eigenvalue weighted by Crippen LogP contribution is -2.37. The highest BCUT2D eigenvalue weighted by Crippen LogP contribution is 2.03. The second-order valence-corrected chi connectivity index (χ2v) is 9.61. The number of hydrogen-bond acceptors (Lipinski definition) is 0. The Morgan fingerprint density at radius 2 is 1.71 bits per heavy atom. The Hall–Kier alpha value is -0.713. The van der Waals surface area contributed by atoms with E-state index in [1.165, 1.54) is 5.19 Å². The van der Waals surface area contributed by atoms with Gasteiger partial charge in [0.05, 0.1) is 14.0 Å². The van der Waals surface area contributed by atoms with Gasteiger partial charge in [0.1, 0.15) is 0 Å². The van der Waals surface area contributed by atoms with E-state index in [4.69, 9.17) is 11.6 Å². The summed E-state index contributed by atoms with van der Waals surface area (Å²) in [4.78, 5) is 0. The molecule has 1 aromatic rings. The van der Waals surface area contributed by atoms with Gasteiger partial charge in [-0.3, -0.25) is 0 Å². The van der Waals surface area contributed by atoms with Crippen LogP contribution in [0.15, 0.2) is 24.3 Å². The van der Waals surface area contributed by atoms with Crippen molar-refractivity contribution in [2.24, 2.45) is 0 Å². The third-order valence-corrected chi connectivity index (χ3v) is 4.25. The molecule has 1 aromatic carbocycles. The summed E-state index contributed by atoms with van der Waals surface area (Å²) in [5.41, 5.74) is 1.05. The standard InChI is InChI=1S/C12H15ClSi/c1-14(2,3)12-8-6-11(7-9-12)5-4-10-13/h6-9H,10H2,1-3H3. The van der Waals surface area contributed by atoms with Crippen molar-refractivity contribution < 1.29 is 0 Å². The zero-order valence-electron chi connectivity index (χ0n) is 8.89. The Morgan fingerprint density at radius 3 is 2.14 bits per heavy atom. The topological polar surface area (TPSA) is 0 Å². The van der Waals surface area contributed by atoms with Crippen molar-refractivity contribution in [3.05, 3.63) is 29.8 Å². The lowest BCUT2D eigenvalue weighted by Gasteiger charge is -2.15. The molecule has 14 heavy (non-hydrogen) atoms. The maximum Gasteiger partial charge on any atom is 0.0839 e. The minimum absolute atomic E-state index is 0.399. The minimum Gasteiger partial charge on any atom is -0.113 e. The molecule has 0 aliphatic heterocycles. The normalized spacial score (nSPS) is 10.6. The molecule has 0 aliphatic rings. The second kappa shape index (κ2) is 4.68. The lowest BCUT2D eigenvalue weighted by atomic mass is 10.2. The van der Waals surface area contributed by atoms with Crippen LogP contribution in [0.3, 0.4) is 0 Å². The maximum atomic E-state index is 5.49. The van der Waals surface area contributed by atoms with Crippen LogP contribution in [0.1, 0.15) is 5.56 Å². The Balaban J connectivity index is 2.89. The summed E-state index contributed by atoms with van der Waals surface area (Å²) in [6, 6.07) is 8.52. The molecule has 0 spiro atoms. The van der Waals surface area contributed by atoms with Gasteiger partial charge in [-0.2, -0.15) is 0 Å². The first-order chi connectivity index (χ1) is 6.54. The molecule has 2 heteroatoms. The van der Waals surface area contributed by atoms with Crippen LogP contribution in [0.5, 0.6) is 0 Å². The quantitative estimate of drug-likeness (QED) is 0.390. The molecule has 1 rings (SSSR count). The van der Waals surface area contributed by atoms with E-state index < -0.39 is 8.07 Å². The summed E-state index contributed by atoms with van der Waals surface area (Å²) in [6.45, 7) is 7.02. The highest BCUT2D eigenvalue weighted by Gasteiger charge is 2.15. The number of hydrogen-bond donors (Lipinski definition) is 0. The van der Waals surface area contributed by atoms with Gasteiger partial charge in [-0.25, -0.2) is 0 Å². The van der Waals surface area contributed by atoms with Crippen molar-refractivity contribution in [2.45, 2.75) is 19.6 Å². The van der Waals surface area contributed by atoms with Crippen molar-refractivity contribution >= 4 is 24.9 Å². The van der Waals surface area contributed by atoms with Crippen LogP contribution in [0.4, 0.5) is 0 Å². The van der Waals surface area contributed by atoms with E-state index in [2.05, 4.69) is 55.7 Å². The predicted octanol–water partition coefficient (Wildman–Crippen LogP) is 2.82. The number of halogens is 1. The summed E-state index contributed by atoms with van der Waals surface area (Å²) in [7, 11) is -1.16. The van der Waals surface area contributed by atoms with E-state index in [9.17, 15) is 0 Å². The Bertz CT molecular complexity index is 349. The predicted molar refractivity (Wildman–Crippen MR) is 67.0 cm³/mol. The van der Waals surface area contributed by atoms with Crippen molar-refractivity contribution in [1.82, 2.24) is 0 Å². The van der Waals surface area contributed by atoms with E-state index in [0.717, 1.165) is 5.56 Å². The fraction of sp³-hybridized carbons (Fsp3) is 0.333. The fourth-order valence-corrected chi connectivity index (χ4v) is 2.42. The summed E-state index contributed by atoms with van der Waals surface area (Å²) in [5.74, 6) is 6.25. The van der Waals surface area contributed by atoms with Gasteiger partial charge in [0.25, 0.3) is 0 Å². The van der Waals surface area contributed by atoms with E-state index in [0.29, 0.717) is 5.88 Å². The summed E-state index contributed by atoms with van der Waals surface area (Å²) >= 11 is 5.49. The first kappa shape index (κ1) is 11.4. The van der Waals surface area contributed by atoms with Crippen LogP contribution in [-0.2, 0) is 0 Å². The third kappa shape index (κ3) is 3.21. The van der Waals surface area contributed by atoms with Crippen molar-refractivity contribution in [3.63, 3.8) is 0 Å². The molecule has 0 saturated carbocycles. The van der Waals surface area contributed by atoms with Gasteiger partial charge in [-0.15, -0.1) is 11.6 Å². The zero-order chi connectivity index (χ0) is 10.6. The molecule has 0 nitrogen and oxygen atoms in total. The molecule has 0 radical (unpaired) electrons. The lowest BCUT2D eigenvalue weighted by molar-refractivity contribution is 1.63. The van der Waals surface area contributed by atoms with Crippen molar-refractivity contribution in [1.29, 1.82) is 0 Å². The van der Waals surface area contributed by atoms with Crippen LogP contribution in [-0.4, -0.2) is 14.0 Å². The van der Waals surface area contributed by atoms with Gasteiger partial charge in [0.15, 0.2) is 0 Å². The van der Waals surface area contributed by atoms with Crippen LogP contribution < -0.4 is 5.19 Å². The molecule has 74 valence electrons. The van der Waals surface area contributed by atoms with Gasteiger partial charge in [-0.1, -0.05) is 48.8 Å². The smallest absolute Gasteiger partial charge is 0.0839 e. The van der Waals surface area contributed by atoms with Crippen molar-refractivity contribution in [3.8, 4) is 11.8 Å². The van der Waals surface area contributed by atoms with Gasteiger partial charge in [0, 0.05) is 5.56 Å². The molecule has 0 fully saturated rings. The van der Waals surface area contributed by atoms with Crippen LogP contribution in [0, 0.1) is 11.8 Å². The van der Waals surface area contributed by atoms with E-state index in [-0.39, 0.29) is 0 Å². The van der Waals surface area contributed by atoms with Gasteiger partial charge in [0.2, 0.25) is 0 Å². The van der Waals surface area contributed by atoms with Crippen LogP contribution in [0.2, 0.25) is 19.6 Å². The average Bonchev–Trinajstić information content (AvgIpc) is 2.14. The monoisotopic (exact) mass is 222 g/mol. The van der Waals surface area contributed by atoms with Crippen LogP contribution in [0.25, 0.3) is 0 Å². The van der Waals surface area contributed by atoms with E-state index in [1.54, 1.807) is 0 Å². The Kier molecular flexibility index (Phi) is 3.80. The third-order valence-electron chi connectivity index (χ3n) is 2.05. The largest absolute Gasteiger partial charge is 0.113 e. The van der Waals surface area contributed by atoms with E-state index >= 15 is 0 Å². The first-order valence-electron chi connectivity index (χ1n) is 4.69. The van der Waals surface area contributed by atoms with Gasteiger partial charge in [-0.05, 0) is 12.1 Å². The SMILES string of the molecule is C[Si](C)(C)c1ccc(C#CCCl)cc1. The molecule has 0 bridgehead atoms. The molecular formula is C12H15ClSi. The number of rotatable bonds is 1. The van der Waals surface area contributed by atoms with Gasteiger partial charge >= 0.3 is 0 Å². The minimum atomic E-state index is -1.16. The Morgan fingerprint density at radius 1 is 1.14 bits per heavy atom. The first-order valence-corrected chi connectivity index (χ1v) is 8.73. The van der Waals surface area contributed by atoms with Crippen LogP contribution >= 0.6 is 11.6 Å². The zero-order valence-corrected chi connectivity index (χ0v) is 10.7. The number of benzene rings is 1. The Labute approximate surface area is 92.3 Å². The van der Waals surface area contributed by atoms with Gasteiger partial charge < -0.3 is 0 Å². The highest BCUT2D eigenvalue weighted by molar-refractivity contribution is 6.88. The molecular weight excluding hydrogens is 208 g/mol. The van der Waals surface area contributed by atoms with Crippen molar-refractivity contribution in [2.75, 3.05) is 5.88 Å². The summed E-state index contributed by atoms with van der Waals surface area (Å²) in [5, 5.41) is 1.47. The second-order valence-electron chi connectivity index (χ2n) is 4.26. The molecule has 0 heterocycles. The fourth-order valence-electron chi connectivity index (χ4n) is 1.19. The molecule has 0 aromatic heterocycles. The number of alkyl halides is 1. The average molecular weight is 223 g/mol. The summed E-state index contributed by atoms with van der Waals surface area (Å²) < 4.78 is 0. The molecule has 0 saturated heterocycles. The molecule has 0 unspecified atom stereocenters. The summed E-state index contributed by atoms with van der Waals surface area (Å²) in [6.07, 6.45) is 0. The molecule has 0 amide bonds. The molecule has 0 aliphatic carbocycles. The highest BCUT2D eigenvalue weighted by atomic mass is 35.5.